The first-order valence-corrected chi connectivity index (χ1v) is 17.2. The van der Waals surface area contributed by atoms with Gasteiger partial charge in [-0.3, -0.25) is 0 Å². The molecule has 4 heavy (non-hydrogen) atoms. The van der Waals surface area contributed by atoms with Crippen LogP contribution < -0.4 is 0 Å². The summed E-state index contributed by atoms with van der Waals surface area (Å²) in [6, 6.07) is 0. The van der Waals surface area contributed by atoms with Gasteiger partial charge in [0, 0.05) is 0 Å². The fourth-order valence-electron chi connectivity index (χ4n) is 0. The van der Waals surface area contributed by atoms with E-state index >= 15 is 0 Å². The zero-order valence-electron chi connectivity index (χ0n) is 1.26. The predicted octanol–water partition coefficient (Wildman–Crippen LogP) is 0.394. The molecule has 0 aromatic carbocycles. The molecule has 0 saturated carbocycles. The second-order valence-corrected chi connectivity index (χ2v) is 16.9. The Balaban J connectivity index is 0. The molecule has 0 N–H and O–H groups in total. The van der Waals surface area contributed by atoms with Gasteiger partial charge in [-0.1, -0.05) is 0 Å². The molecule has 0 aliphatic heterocycles. The van der Waals surface area contributed by atoms with E-state index in [1.54, 1.807) is 0 Å². The van der Waals surface area contributed by atoms with Crippen LogP contribution >= 0.6 is 24.0 Å². The van der Waals surface area contributed by atoms with Crippen LogP contribution in [0.4, 0.5) is 0 Å². The number of hydrogen-bond donors (Lipinski definition) is 0. The third-order valence-electron chi connectivity index (χ3n) is 0. The van der Waals surface area contributed by atoms with Gasteiger partial charge in [-0.2, -0.15) is 0 Å². The third kappa shape index (κ3) is 8.94. The molecular formula is H2Br2CaPb. The van der Waals surface area contributed by atoms with Gasteiger partial charge in [0.05, 0.1) is 0 Å². The summed E-state index contributed by atoms with van der Waals surface area (Å²) in [6.07, 6.45) is 0. The summed E-state index contributed by atoms with van der Waals surface area (Å²) >= 11 is 6.22. The van der Waals surface area contributed by atoms with Crippen molar-refractivity contribution in [3.05, 3.63) is 0 Å². The van der Waals surface area contributed by atoms with E-state index in [0.29, 0.717) is 0 Å². The van der Waals surface area contributed by atoms with E-state index in [1.807, 2.05) is 0 Å². The van der Waals surface area contributed by atoms with Crippen LogP contribution in [0.5, 0.6) is 0 Å². The van der Waals surface area contributed by atoms with E-state index in [0.717, 1.165) is 0 Å². The van der Waals surface area contributed by atoms with Crippen molar-refractivity contribution in [3.8, 4) is 0 Å². The molecule has 0 rings (SSSR count). The van der Waals surface area contributed by atoms with Crippen molar-refractivity contribution < 1.29 is 0 Å². The van der Waals surface area contributed by atoms with Crippen LogP contribution in [0.1, 0.15) is 0 Å². The van der Waals surface area contributed by atoms with Crippen molar-refractivity contribution in [2.45, 2.75) is 0 Å². The van der Waals surface area contributed by atoms with Crippen LogP contribution in [0.15, 0.2) is 0 Å². The van der Waals surface area contributed by atoms with Gasteiger partial charge in [-0.15, -0.1) is 0 Å². The van der Waals surface area contributed by atoms with E-state index in [9.17, 15) is 0 Å². The Bertz CT molecular complexity index is 6.00. The Morgan fingerprint density at radius 3 is 1.25 bits per heavy atom. The summed E-state index contributed by atoms with van der Waals surface area (Å²) in [4.78, 5) is 0. The molecule has 0 bridgehead atoms. The second kappa shape index (κ2) is 9.47. The first-order chi connectivity index (χ1) is 1.41. The van der Waals surface area contributed by atoms with Crippen LogP contribution in [0.25, 0.3) is 0 Å². The van der Waals surface area contributed by atoms with Crippen LogP contribution in [0.3, 0.4) is 0 Å². The van der Waals surface area contributed by atoms with Crippen molar-refractivity contribution in [1.29, 1.82) is 0 Å². The van der Waals surface area contributed by atoms with E-state index in [2.05, 4.69) is 24.0 Å². The average Bonchev–Trinajstić information content (AvgIpc) is 0.918. The van der Waals surface area contributed by atoms with Crippen LogP contribution in [0.2, 0.25) is 0 Å². The van der Waals surface area contributed by atoms with Crippen molar-refractivity contribution in [2.24, 2.45) is 0 Å². The molecule has 22 valence electrons. The fourth-order valence-corrected chi connectivity index (χ4v) is 0. The number of hydrogen-bond acceptors (Lipinski definition) is 0. The Labute approximate surface area is 78.9 Å². The van der Waals surface area contributed by atoms with Crippen LogP contribution in [-0.4, -0.2) is 57.2 Å². The van der Waals surface area contributed by atoms with Crippen molar-refractivity contribution in [1.82, 2.24) is 0 Å². The van der Waals surface area contributed by atoms with Gasteiger partial charge >= 0.3 is 81.1 Å². The predicted molar refractivity (Wildman–Crippen MR) is 32.2 cm³/mol. The molecule has 0 heterocycles. The third-order valence-corrected chi connectivity index (χ3v) is 0. The molecule has 0 fully saturated rings. The molecule has 0 aromatic heterocycles. The Morgan fingerprint density at radius 1 is 1.25 bits per heavy atom. The number of halogens is 2. The maximum atomic E-state index is 3.26. The minimum absolute atomic E-state index is 0. The summed E-state index contributed by atoms with van der Waals surface area (Å²) < 4.78 is 0. The molecule has 0 aliphatic carbocycles. The van der Waals surface area contributed by atoms with Crippen molar-refractivity contribution >= 4 is 81.1 Å². The van der Waals surface area contributed by atoms with Gasteiger partial charge in [-0.25, -0.2) is 0 Å². The summed E-state index contributed by atoms with van der Waals surface area (Å²) in [5.74, 6) is 0. The topological polar surface area (TPSA) is 0 Å². The van der Waals surface area contributed by atoms with Crippen molar-refractivity contribution in [3.63, 3.8) is 0 Å². The molecule has 0 nitrogen and oxygen atoms in total. The average molecular weight is 409 g/mol. The van der Waals surface area contributed by atoms with Gasteiger partial charge in [-0.05, 0) is 0 Å². The van der Waals surface area contributed by atoms with Crippen LogP contribution in [0, 0.1) is 0 Å². The van der Waals surface area contributed by atoms with Gasteiger partial charge in [0.15, 0.2) is 0 Å². The van der Waals surface area contributed by atoms with Gasteiger partial charge in [0.25, 0.3) is 0 Å². The normalized spacial score (nSPS) is 4.50. The van der Waals surface area contributed by atoms with E-state index in [1.165, 1.54) is 0 Å². The molecule has 0 unspecified atom stereocenters. The van der Waals surface area contributed by atoms with E-state index < -0.39 is 0 Å². The minimum atomic E-state index is -0.292. The van der Waals surface area contributed by atoms with Crippen molar-refractivity contribution in [2.75, 3.05) is 0 Å². The van der Waals surface area contributed by atoms with Gasteiger partial charge < -0.3 is 0 Å². The SMILES string of the molecule is [Br][Pb][Br].[CaH2]. The van der Waals surface area contributed by atoms with Gasteiger partial charge in [0.2, 0.25) is 0 Å². The Kier molecular flexibility index (Phi) is 24.1. The maximum absolute atomic E-state index is 3.26. The zero-order chi connectivity index (χ0) is 2.71. The Morgan fingerprint density at radius 2 is 1.25 bits per heavy atom. The monoisotopic (exact) mass is 408 g/mol. The quantitative estimate of drug-likeness (QED) is 0.509. The summed E-state index contributed by atoms with van der Waals surface area (Å²) in [5, 5.41) is 0. The number of rotatable bonds is 0. The molecule has 4 heteroatoms. The molecule has 0 aliphatic rings. The molecular weight excluding hydrogens is 407 g/mol. The molecule has 0 spiro atoms. The first kappa shape index (κ1) is 10.2. The summed E-state index contributed by atoms with van der Waals surface area (Å²) in [7, 11) is 0. The molecule has 0 saturated heterocycles. The molecule has 0 aromatic rings. The molecule has 2 radical (unpaired) electrons. The van der Waals surface area contributed by atoms with Crippen LogP contribution in [-0.2, 0) is 0 Å². The zero-order valence-corrected chi connectivity index (χ0v) is 8.32. The molecule has 0 atom stereocenters. The molecule has 0 amide bonds. The van der Waals surface area contributed by atoms with Gasteiger partial charge in [0.1, 0.15) is 0 Å². The summed E-state index contributed by atoms with van der Waals surface area (Å²) in [6.45, 7) is 0. The fraction of sp³-hybridized carbons (Fsp3) is 0. The van der Waals surface area contributed by atoms with E-state index in [-0.39, 0.29) is 57.2 Å². The summed E-state index contributed by atoms with van der Waals surface area (Å²) in [5.41, 5.74) is 0. The second-order valence-electron chi connectivity index (χ2n) is 0.0714. The first-order valence-electron chi connectivity index (χ1n) is 0.378. The Hall–Kier alpha value is 3.14. The van der Waals surface area contributed by atoms with E-state index in [4.69, 9.17) is 0 Å². The standard InChI is InChI=1S/2BrH.Ca.Pb.2H/h2*1H;;;;/q;;;+2;;/p-2.